The molecule has 2 heterocycles. The van der Waals surface area contributed by atoms with Crippen molar-refractivity contribution in [2.24, 2.45) is 18.9 Å². The first-order valence-electron chi connectivity index (χ1n) is 8.57. The van der Waals surface area contributed by atoms with Gasteiger partial charge in [-0.1, -0.05) is 20.8 Å². The fourth-order valence-corrected chi connectivity index (χ4v) is 3.09. The van der Waals surface area contributed by atoms with Crippen molar-refractivity contribution >= 4 is 11.6 Å². The zero-order valence-electron chi connectivity index (χ0n) is 15.0. The topological polar surface area (TPSA) is 90.3 Å². The van der Waals surface area contributed by atoms with Crippen molar-refractivity contribution in [1.82, 2.24) is 14.0 Å². The van der Waals surface area contributed by atoms with E-state index >= 15 is 0 Å². The van der Waals surface area contributed by atoms with Gasteiger partial charge in [-0.25, -0.2) is 4.79 Å². The number of hydrogen-bond acceptors (Lipinski definition) is 5. The number of nitrogens with zero attached hydrogens (tertiary/aromatic N) is 3. The first-order chi connectivity index (χ1) is 11.2. The molecule has 0 amide bonds. The van der Waals surface area contributed by atoms with Gasteiger partial charge in [0.05, 0.1) is 6.54 Å². The Bertz CT molecular complexity index is 725. The molecule has 0 unspecified atom stereocenters. The van der Waals surface area contributed by atoms with Crippen LogP contribution in [0.3, 0.4) is 0 Å². The quantitative estimate of drug-likeness (QED) is 0.799. The van der Waals surface area contributed by atoms with E-state index in [1.807, 2.05) is 13.8 Å². The Morgan fingerprint density at radius 3 is 2.38 bits per heavy atom. The highest BCUT2D eigenvalue weighted by atomic mass is 16.2. The second-order valence-corrected chi connectivity index (χ2v) is 7.29. The highest BCUT2D eigenvalue weighted by molar-refractivity contribution is 6.01. The third-order valence-corrected chi connectivity index (χ3v) is 4.65. The maximum absolute atomic E-state index is 12.7. The smallest absolute Gasteiger partial charge is 0.332 e. The van der Waals surface area contributed by atoms with E-state index in [4.69, 9.17) is 5.73 Å². The molecule has 1 aromatic rings. The summed E-state index contributed by atoms with van der Waals surface area (Å²) in [6.45, 7) is 8.35. The van der Waals surface area contributed by atoms with Gasteiger partial charge in [-0.05, 0) is 37.8 Å². The number of hydrogen-bond donors (Lipinski definition) is 1. The van der Waals surface area contributed by atoms with E-state index in [1.165, 1.54) is 11.6 Å². The predicted octanol–water partition coefficient (Wildman–Crippen LogP) is 0.700. The van der Waals surface area contributed by atoms with E-state index in [0.717, 1.165) is 30.5 Å². The number of Topliss-reactive ketones (excluding diaryl/α,β-unsaturated/α-hetero) is 1. The molecule has 0 spiro atoms. The molecule has 7 nitrogen and oxygen atoms in total. The summed E-state index contributed by atoms with van der Waals surface area (Å²) in [5.41, 5.74) is 4.90. The van der Waals surface area contributed by atoms with Crippen LogP contribution in [0.2, 0.25) is 0 Å². The van der Waals surface area contributed by atoms with Crippen LogP contribution in [0.1, 0.15) is 44.0 Å². The molecule has 1 aliphatic rings. The SMILES string of the molecule is CC(C)Cn1c(N)c(C(=O)CN2CCC(C)CC2)c(=O)n(C)c1=O. The Morgan fingerprint density at radius 1 is 1.25 bits per heavy atom. The number of likely N-dealkylation sites (tertiary alicyclic amines) is 1. The van der Waals surface area contributed by atoms with Crippen molar-refractivity contribution in [3.8, 4) is 0 Å². The van der Waals surface area contributed by atoms with E-state index in [2.05, 4.69) is 11.8 Å². The zero-order valence-corrected chi connectivity index (χ0v) is 15.0. The zero-order chi connectivity index (χ0) is 18.0. The monoisotopic (exact) mass is 336 g/mol. The highest BCUT2D eigenvalue weighted by Gasteiger charge is 2.25. The minimum atomic E-state index is -0.604. The summed E-state index contributed by atoms with van der Waals surface area (Å²) in [6.07, 6.45) is 2.10. The van der Waals surface area contributed by atoms with Gasteiger partial charge in [0.2, 0.25) is 0 Å². The molecule has 0 radical (unpaired) electrons. The summed E-state index contributed by atoms with van der Waals surface area (Å²) >= 11 is 0. The normalized spacial score (nSPS) is 16.7. The molecule has 0 aliphatic carbocycles. The number of nitrogen functional groups attached to an aromatic ring is 1. The second-order valence-electron chi connectivity index (χ2n) is 7.29. The Balaban J connectivity index is 2.35. The van der Waals surface area contributed by atoms with Crippen LogP contribution >= 0.6 is 0 Å². The van der Waals surface area contributed by atoms with Crippen LogP contribution in [0.4, 0.5) is 5.82 Å². The molecule has 134 valence electrons. The molecule has 0 atom stereocenters. The molecule has 1 aliphatic heterocycles. The molecule has 2 N–H and O–H groups in total. The van der Waals surface area contributed by atoms with Gasteiger partial charge in [-0.3, -0.25) is 23.6 Å². The number of anilines is 1. The van der Waals surface area contributed by atoms with Gasteiger partial charge >= 0.3 is 5.69 Å². The van der Waals surface area contributed by atoms with Gasteiger partial charge in [0, 0.05) is 13.6 Å². The Kier molecular flexibility index (Phi) is 5.64. The van der Waals surface area contributed by atoms with Crippen LogP contribution in [0.15, 0.2) is 9.59 Å². The Hall–Kier alpha value is -1.89. The van der Waals surface area contributed by atoms with Crippen LogP contribution < -0.4 is 17.0 Å². The van der Waals surface area contributed by atoms with Gasteiger partial charge in [0.15, 0.2) is 5.78 Å². The molecule has 2 rings (SSSR count). The summed E-state index contributed by atoms with van der Waals surface area (Å²) < 4.78 is 2.31. The average Bonchev–Trinajstić information content (AvgIpc) is 2.52. The highest BCUT2D eigenvalue weighted by Crippen LogP contribution is 2.17. The lowest BCUT2D eigenvalue weighted by Crippen LogP contribution is -2.45. The molecular formula is C17H28N4O3. The first kappa shape index (κ1) is 18.4. The van der Waals surface area contributed by atoms with Crippen LogP contribution in [0, 0.1) is 11.8 Å². The molecule has 1 saturated heterocycles. The number of carbonyl (C=O) groups excluding carboxylic acids is 1. The van der Waals surface area contributed by atoms with Gasteiger partial charge in [-0.2, -0.15) is 0 Å². The molecular weight excluding hydrogens is 308 g/mol. The average molecular weight is 336 g/mol. The van der Waals surface area contributed by atoms with Crippen LogP contribution in [0.25, 0.3) is 0 Å². The Morgan fingerprint density at radius 2 is 1.83 bits per heavy atom. The number of ketones is 1. The van der Waals surface area contributed by atoms with E-state index < -0.39 is 11.2 Å². The van der Waals surface area contributed by atoms with Crippen LogP contribution in [-0.2, 0) is 13.6 Å². The summed E-state index contributed by atoms with van der Waals surface area (Å²) in [7, 11) is 1.39. The molecule has 7 heteroatoms. The van der Waals surface area contributed by atoms with E-state index in [1.54, 1.807) is 0 Å². The lowest BCUT2D eigenvalue weighted by molar-refractivity contribution is 0.0897. The van der Waals surface area contributed by atoms with E-state index in [-0.39, 0.29) is 29.6 Å². The largest absolute Gasteiger partial charge is 0.384 e. The van der Waals surface area contributed by atoms with Crippen LogP contribution in [-0.4, -0.2) is 39.5 Å². The second kappa shape index (κ2) is 7.34. The lowest BCUT2D eigenvalue weighted by Gasteiger charge is -2.29. The minimum absolute atomic E-state index is 0.00724. The predicted molar refractivity (Wildman–Crippen MR) is 94.4 cm³/mol. The number of rotatable bonds is 5. The number of carbonyl (C=O) groups is 1. The molecule has 1 aromatic heterocycles. The van der Waals surface area contributed by atoms with Gasteiger partial charge in [-0.15, -0.1) is 0 Å². The summed E-state index contributed by atoms with van der Waals surface area (Å²) in [5.74, 6) is 0.531. The standard InChI is InChI=1S/C17H28N4O3/c1-11(2)9-21-15(18)14(16(23)19(4)17(21)24)13(22)10-20-7-5-12(3)6-8-20/h11-12H,5-10,18H2,1-4H3. The maximum Gasteiger partial charge on any atom is 0.332 e. The Labute approximate surface area is 142 Å². The molecule has 0 bridgehead atoms. The van der Waals surface area contributed by atoms with Gasteiger partial charge in [0.1, 0.15) is 11.4 Å². The van der Waals surface area contributed by atoms with Crippen molar-refractivity contribution in [2.75, 3.05) is 25.4 Å². The lowest BCUT2D eigenvalue weighted by atomic mass is 9.99. The van der Waals surface area contributed by atoms with Crippen molar-refractivity contribution in [2.45, 2.75) is 40.2 Å². The molecule has 0 aromatic carbocycles. The van der Waals surface area contributed by atoms with Crippen molar-refractivity contribution in [1.29, 1.82) is 0 Å². The molecule has 24 heavy (non-hydrogen) atoms. The van der Waals surface area contributed by atoms with Crippen LogP contribution in [0.5, 0.6) is 0 Å². The van der Waals surface area contributed by atoms with Crippen molar-refractivity contribution in [3.63, 3.8) is 0 Å². The maximum atomic E-state index is 12.7. The number of piperidine rings is 1. The van der Waals surface area contributed by atoms with Crippen molar-refractivity contribution in [3.05, 3.63) is 26.4 Å². The summed E-state index contributed by atoms with van der Waals surface area (Å²) in [4.78, 5) is 39.4. The first-order valence-corrected chi connectivity index (χ1v) is 8.57. The van der Waals surface area contributed by atoms with E-state index in [0.29, 0.717) is 12.5 Å². The fraction of sp³-hybridized carbons (Fsp3) is 0.706. The fourth-order valence-electron chi connectivity index (χ4n) is 3.09. The molecule has 0 saturated carbocycles. The van der Waals surface area contributed by atoms with Gasteiger partial charge in [0.25, 0.3) is 5.56 Å². The third-order valence-electron chi connectivity index (χ3n) is 4.65. The van der Waals surface area contributed by atoms with Crippen molar-refractivity contribution < 1.29 is 4.79 Å². The van der Waals surface area contributed by atoms with Gasteiger partial charge < -0.3 is 5.73 Å². The number of nitrogens with two attached hydrogens (primary N) is 1. The molecule has 1 fully saturated rings. The third kappa shape index (κ3) is 3.77. The number of aromatic nitrogens is 2. The van der Waals surface area contributed by atoms with E-state index in [9.17, 15) is 14.4 Å². The summed E-state index contributed by atoms with van der Waals surface area (Å²) in [6, 6.07) is 0. The minimum Gasteiger partial charge on any atom is -0.384 e. The summed E-state index contributed by atoms with van der Waals surface area (Å²) in [5, 5.41) is 0.